The lowest BCUT2D eigenvalue weighted by Crippen LogP contribution is -2.01. The molecule has 0 aromatic rings. The van der Waals surface area contributed by atoms with Crippen molar-refractivity contribution in [2.24, 2.45) is 0 Å². The van der Waals surface area contributed by atoms with Crippen LogP contribution in [0.2, 0.25) is 0 Å². The molecule has 0 atom stereocenters. The zero-order chi connectivity index (χ0) is 8.04. The second-order valence-electron chi connectivity index (χ2n) is 2.41. The molecule has 0 rings (SSSR count). The molecule has 0 aromatic carbocycles. The van der Waals surface area contributed by atoms with Gasteiger partial charge in [-0.05, 0) is 19.3 Å². The van der Waals surface area contributed by atoms with Crippen LogP contribution in [0.3, 0.4) is 0 Å². The highest BCUT2D eigenvalue weighted by molar-refractivity contribution is 7.90. The minimum Gasteiger partial charge on any atom is -0.229 e. The average molecular weight is 162 g/mol. The van der Waals surface area contributed by atoms with Crippen molar-refractivity contribution < 1.29 is 8.42 Å². The van der Waals surface area contributed by atoms with Gasteiger partial charge in [0.15, 0.2) is 0 Å². The first-order valence-corrected chi connectivity index (χ1v) is 5.41. The Balaban J connectivity index is 3.29. The Morgan fingerprint density at radius 3 is 2.40 bits per heavy atom. The summed E-state index contributed by atoms with van der Waals surface area (Å²) in [7, 11) is -2.74. The first-order chi connectivity index (χ1) is 4.56. The molecule has 0 aliphatic rings. The minimum absolute atomic E-state index is 0.306. The molecule has 0 spiro atoms. The highest BCUT2D eigenvalue weighted by Crippen LogP contribution is 1.98. The van der Waals surface area contributed by atoms with E-state index in [2.05, 4.69) is 6.58 Å². The molecule has 60 valence electrons. The summed E-state index contributed by atoms with van der Waals surface area (Å²) in [5.74, 6) is 0.306. The lowest BCUT2D eigenvalue weighted by Gasteiger charge is -1.94. The van der Waals surface area contributed by atoms with Crippen LogP contribution in [0, 0.1) is 0 Å². The van der Waals surface area contributed by atoms with Crippen LogP contribution in [0.25, 0.3) is 0 Å². The topological polar surface area (TPSA) is 34.1 Å². The Morgan fingerprint density at radius 1 is 1.40 bits per heavy atom. The van der Waals surface area contributed by atoms with Gasteiger partial charge in [-0.1, -0.05) is 6.08 Å². The van der Waals surface area contributed by atoms with E-state index in [4.69, 9.17) is 0 Å². The smallest absolute Gasteiger partial charge is 0.147 e. The van der Waals surface area contributed by atoms with Crippen LogP contribution in [0.15, 0.2) is 12.7 Å². The predicted octanol–water partition coefficient (Wildman–Crippen LogP) is 1.39. The van der Waals surface area contributed by atoms with E-state index in [0.29, 0.717) is 5.75 Å². The first-order valence-electron chi connectivity index (χ1n) is 3.35. The van der Waals surface area contributed by atoms with E-state index >= 15 is 0 Å². The number of rotatable bonds is 5. The lowest BCUT2D eigenvalue weighted by molar-refractivity contribution is 0.597. The lowest BCUT2D eigenvalue weighted by atomic mass is 10.2. The van der Waals surface area contributed by atoms with Crippen molar-refractivity contribution in [1.29, 1.82) is 0 Å². The van der Waals surface area contributed by atoms with Crippen molar-refractivity contribution in [2.75, 3.05) is 12.0 Å². The number of unbranched alkanes of at least 4 members (excludes halogenated alkanes) is 2. The number of hydrogen-bond donors (Lipinski definition) is 0. The molecule has 0 aliphatic heterocycles. The Bertz CT molecular complexity index is 180. The summed E-state index contributed by atoms with van der Waals surface area (Å²) in [6.07, 6.45) is 5.67. The fourth-order valence-electron chi connectivity index (χ4n) is 0.653. The monoisotopic (exact) mass is 162 g/mol. The average Bonchev–Trinajstić information content (AvgIpc) is 1.78. The molecule has 0 saturated carbocycles. The maximum Gasteiger partial charge on any atom is 0.147 e. The molecular weight excluding hydrogens is 148 g/mol. The third-order valence-corrected chi connectivity index (χ3v) is 2.20. The maximum atomic E-state index is 10.6. The molecule has 0 aromatic heterocycles. The quantitative estimate of drug-likeness (QED) is 0.452. The molecule has 10 heavy (non-hydrogen) atoms. The normalized spacial score (nSPS) is 11.3. The standard InChI is InChI=1S/C7H14O2S/c1-3-4-5-6-7-10(2,8)9/h3H,1,4-7H2,2H3. The van der Waals surface area contributed by atoms with Crippen molar-refractivity contribution in [3.63, 3.8) is 0 Å². The number of hydrogen-bond acceptors (Lipinski definition) is 2. The van der Waals surface area contributed by atoms with E-state index in [1.165, 1.54) is 6.26 Å². The third-order valence-electron chi connectivity index (χ3n) is 1.17. The van der Waals surface area contributed by atoms with Crippen LogP contribution in [-0.4, -0.2) is 20.4 Å². The fraction of sp³-hybridized carbons (Fsp3) is 0.714. The maximum absolute atomic E-state index is 10.6. The molecule has 0 amide bonds. The summed E-state index contributed by atoms with van der Waals surface area (Å²) in [5.41, 5.74) is 0. The van der Waals surface area contributed by atoms with Crippen molar-refractivity contribution in [1.82, 2.24) is 0 Å². The van der Waals surface area contributed by atoms with Crippen LogP contribution in [0.4, 0.5) is 0 Å². The summed E-state index contributed by atoms with van der Waals surface area (Å²) in [6, 6.07) is 0. The Labute approximate surface area is 62.9 Å². The molecule has 0 unspecified atom stereocenters. The summed E-state index contributed by atoms with van der Waals surface area (Å²) in [5, 5.41) is 0. The van der Waals surface area contributed by atoms with Gasteiger partial charge in [-0.3, -0.25) is 0 Å². The summed E-state index contributed by atoms with van der Waals surface area (Å²) < 4.78 is 21.1. The Kier molecular flexibility index (Phi) is 4.36. The highest BCUT2D eigenvalue weighted by atomic mass is 32.2. The van der Waals surface area contributed by atoms with Gasteiger partial charge in [-0.15, -0.1) is 6.58 Å². The molecule has 0 fully saturated rings. The molecule has 0 N–H and O–H groups in total. The predicted molar refractivity (Wildman–Crippen MR) is 43.8 cm³/mol. The minimum atomic E-state index is -2.74. The van der Waals surface area contributed by atoms with Crippen LogP contribution in [0.5, 0.6) is 0 Å². The van der Waals surface area contributed by atoms with Gasteiger partial charge in [0.25, 0.3) is 0 Å². The Hall–Kier alpha value is -0.310. The molecule has 0 heterocycles. The van der Waals surface area contributed by atoms with Crippen LogP contribution < -0.4 is 0 Å². The van der Waals surface area contributed by atoms with Crippen LogP contribution >= 0.6 is 0 Å². The molecule has 3 heteroatoms. The van der Waals surface area contributed by atoms with Gasteiger partial charge in [0.05, 0.1) is 0 Å². The van der Waals surface area contributed by atoms with Crippen molar-refractivity contribution in [2.45, 2.75) is 19.3 Å². The second kappa shape index (κ2) is 4.50. The second-order valence-corrected chi connectivity index (χ2v) is 4.67. The molecule has 0 radical (unpaired) electrons. The molecule has 2 nitrogen and oxygen atoms in total. The van der Waals surface area contributed by atoms with Crippen LogP contribution in [0.1, 0.15) is 19.3 Å². The van der Waals surface area contributed by atoms with Gasteiger partial charge in [0.1, 0.15) is 9.84 Å². The van der Waals surface area contributed by atoms with Gasteiger partial charge in [-0.2, -0.15) is 0 Å². The van der Waals surface area contributed by atoms with E-state index in [0.717, 1.165) is 19.3 Å². The number of allylic oxidation sites excluding steroid dienone is 1. The van der Waals surface area contributed by atoms with Crippen molar-refractivity contribution >= 4 is 9.84 Å². The zero-order valence-electron chi connectivity index (χ0n) is 6.34. The summed E-state index contributed by atoms with van der Waals surface area (Å²) >= 11 is 0. The highest BCUT2D eigenvalue weighted by Gasteiger charge is 1.99. The molecular formula is C7H14O2S. The van der Waals surface area contributed by atoms with E-state index in [9.17, 15) is 8.42 Å². The summed E-state index contributed by atoms with van der Waals surface area (Å²) in [6.45, 7) is 3.55. The number of sulfone groups is 1. The van der Waals surface area contributed by atoms with E-state index in [-0.39, 0.29) is 0 Å². The molecule has 0 aliphatic carbocycles. The van der Waals surface area contributed by atoms with E-state index in [1.54, 1.807) is 0 Å². The van der Waals surface area contributed by atoms with Crippen LogP contribution in [-0.2, 0) is 9.84 Å². The van der Waals surface area contributed by atoms with Gasteiger partial charge >= 0.3 is 0 Å². The summed E-state index contributed by atoms with van der Waals surface area (Å²) in [4.78, 5) is 0. The van der Waals surface area contributed by atoms with Gasteiger partial charge < -0.3 is 0 Å². The van der Waals surface area contributed by atoms with Crippen molar-refractivity contribution in [3.8, 4) is 0 Å². The zero-order valence-corrected chi connectivity index (χ0v) is 7.15. The molecule has 0 bridgehead atoms. The fourth-order valence-corrected chi connectivity index (χ4v) is 1.38. The largest absolute Gasteiger partial charge is 0.229 e. The van der Waals surface area contributed by atoms with Gasteiger partial charge in [-0.25, -0.2) is 8.42 Å². The van der Waals surface area contributed by atoms with E-state index in [1.807, 2.05) is 6.08 Å². The molecule has 0 saturated heterocycles. The van der Waals surface area contributed by atoms with Gasteiger partial charge in [0, 0.05) is 12.0 Å². The first kappa shape index (κ1) is 9.69. The van der Waals surface area contributed by atoms with Gasteiger partial charge in [0.2, 0.25) is 0 Å². The Morgan fingerprint density at radius 2 is 2.00 bits per heavy atom. The third kappa shape index (κ3) is 7.69. The van der Waals surface area contributed by atoms with E-state index < -0.39 is 9.84 Å². The SMILES string of the molecule is C=CCCCCS(C)(=O)=O. The van der Waals surface area contributed by atoms with Crippen molar-refractivity contribution in [3.05, 3.63) is 12.7 Å².